The first-order valence-electron chi connectivity index (χ1n) is 11.4. The van der Waals surface area contributed by atoms with Crippen molar-refractivity contribution in [2.24, 2.45) is 5.10 Å². The topological polar surface area (TPSA) is 221 Å². The third kappa shape index (κ3) is 5.97. The Morgan fingerprint density at radius 3 is 2.15 bits per heavy atom. The number of amides is 1. The molecule has 0 radical (unpaired) electrons. The van der Waals surface area contributed by atoms with Crippen molar-refractivity contribution in [3.8, 4) is 5.75 Å². The number of carbonyl (C=O) groups excluding carboxylic acids is 1. The van der Waals surface area contributed by atoms with E-state index in [1.807, 2.05) is 31.1 Å². The van der Waals surface area contributed by atoms with Crippen LogP contribution in [0.4, 0.5) is 11.4 Å². The van der Waals surface area contributed by atoms with E-state index in [4.69, 9.17) is 0 Å². The molecule has 0 fully saturated rings. The Morgan fingerprint density at radius 2 is 1.59 bits per heavy atom. The van der Waals surface area contributed by atoms with Crippen LogP contribution in [0.1, 0.15) is 22.8 Å². The number of hydrogen-bond acceptors (Lipinski definition) is 10. The van der Waals surface area contributed by atoms with E-state index in [0.717, 1.165) is 42.1 Å². The smallest absolute Gasteiger partial charge is 0.339 e. The van der Waals surface area contributed by atoms with Crippen molar-refractivity contribution in [2.75, 3.05) is 24.0 Å². The molecule has 1 heterocycles. The summed E-state index contributed by atoms with van der Waals surface area (Å²) >= 11 is 0. The molecule has 0 unspecified atom stereocenters. The number of benzene rings is 3. The molecule has 15 heteroatoms. The van der Waals surface area contributed by atoms with Gasteiger partial charge in [0.2, 0.25) is 9.84 Å². The molecule has 1 amide bonds. The van der Waals surface area contributed by atoms with E-state index in [1.165, 1.54) is 13.0 Å². The minimum atomic E-state index is -5.07. The first kappa shape index (κ1) is 31.0. The highest BCUT2D eigenvalue weighted by molar-refractivity contribution is 7.91. The van der Waals surface area contributed by atoms with Crippen LogP contribution in [0.3, 0.4) is 0 Å². The summed E-state index contributed by atoms with van der Waals surface area (Å²) in [5, 5.41) is 23.9. The van der Waals surface area contributed by atoms with Crippen molar-refractivity contribution in [1.82, 2.24) is 6.15 Å². The molecular weight excluding hydrogens is 576 g/mol. The van der Waals surface area contributed by atoms with Gasteiger partial charge in [-0.25, -0.2) is 21.6 Å². The minimum Gasteiger partial charge on any atom is -0.744 e. The molecule has 0 saturated heterocycles. The molecule has 0 spiro atoms. The number of hydrazone groups is 1. The van der Waals surface area contributed by atoms with Crippen LogP contribution in [0.5, 0.6) is 5.75 Å². The fourth-order valence-corrected chi connectivity index (χ4v) is 5.84. The monoisotopic (exact) mass is 602 g/mol. The lowest BCUT2D eigenvalue weighted by atomic mass is 10.1. The van der Waals surface area contributed by atoms with E-state index in [9.17, 15) is 41.2 Å². The lowest BCUT2D eigenvalue weighted by molar-refractivity contribution is -0.114. The molecular formula is C26H26N4O9S2. The Balaban J connectivity index is 0.00000462. The SMILES string of the molecule is CC1=NN(c2cc(S(=O)(=O)[O-])ccc2S(=O)(=O)c2ccc(O)c(C(=O)O)c2)C(=O)/C1=C\c1ccc(N(C)C)cc1.[NH4+]. The van der Waals surface area contributed by atoms with E-state index in [0.29, 0.717) is 10.6 Å². The first-order chi connectivity index (χ1) is 18.6. The molecule has 0 bridgehead atoms. The predicted octanol–water partition coefficient (Wildman–Crippen LogP) is 3.08. The van der Waals surface area contributed by atoms with Crippen molar-refractivity contribution in [1.29, 1.82) is 0 Å². The van der Waals surface area contributed by atoms with Crippen LogP contribution >= 0.6 is 0 Å². The number of rotatable bonds is 7. The number of carboxylic acids is 1. The highest BCUT2D eigenvalue weighted by Gasteiger charge is 2.34. The van der Waals surface area contributed by atoms with E-state index >= 15 is 0 Å². The number of anilines is 2. The quantitative estimate of drug-likeness (QED) is 0.265. The molecule has 1 aliphatic rings. The predicted molar refractivity (Wildman–Crippen MR) is 150 cm³/mol. The summed E-state index contributed by atoms with van der Waals surface area (Å²) in [5.41, 5.74) is 0.611. The van der Waals surface area contributed by atoms with Gasteiger partial charge in [0.05, 0.1) is 31.7 Å². The molecule has 3 aromatic rings. The summed E-state index contributed by atoms with van der Waals surface area (Å²) in [7, 11) is -5.97. The van der Waals surface area contributed by atoms with E-state index < -0.39 is 63.5 Å². The standard InChI is InChI=1S/C26H23N3O9S2.H3N/c1-15-20(12-16-4-6-17(7-5-16)28(2)3)25(31)29(27-15)22-14-19(40(36,37)38)9-11-24(22)39(34,35)18-8-10-23(30)21(13-18)26(32)33;/h4-14,30H,1-3H3,(H,32,33)(H,36,37,38);1H3/b20-12-;. The average Bonchev–Trinajstić information content (AvgIpc) is 3.16. The molecule has 216 valence electrons. The lowest BCUT2D eigenvalue weighted by Gasteiger charge is -2.19. The summed E-state index contributed by atoms with van der Waals surface area (Å²) in [6, 6.07) is 12.0. The van der Waals surface area contributed by atoms with Crippen LogP contribution in [0, 0.1) is 0 Å². The zero-order valence-corrected chi connectivity index (χ0v) is 23.9. The van der Waals surface area contributed by atoms with Gasteiger partial charge in [-0.05, 0) is 67.1 Å². The van der Waals surface area contributed by atoms with E-state index in [-0.39, 0.29) is 17.4 Å². The Bertz CT molecular complexity index is 1830. The second kappa shape index (κ2) is 11.1. The fourth-order valence-electron chi connectivity index (χ4n) is 3.91. The second-order valence-corrected chi connectivity index (χ2v) is 12.2. The lowest BCUT2D eigenvalue weighted by Crippen LogP contribution is -2.24. The molecule has 4 rings (SSSR count). The normalized spacial score (nSPS) is 14.5. The molecule has 3 aromatic carbocycles. The van der Waals surface area contributed by atoms with Crippen LogP contribution in [-0.2, 0) is 24.7 Å². The van der Waals surface area contributed by atoms with Crippen molar-refractivity contribution in [3.05, 3.63) is 77.4 Å². The molecule has 6 N–H and O–H groups in total. The summed E-state index contributed by atoms with van der Waals surface area (Å²) in [6.45, 7) is 1.50. The van der Waals surface area contributed by atoms with Crippen molar-refractivity contribution in [2.45, 2.75) is 21.6 Å². The number of carbonyl (C=O) groups is 2. The van der Waals surface area contributed by atoms with Crippen LogP contribution in [0.2, 0.25) is 0 Å². The van der Waals surface area contributed by atoms with Crippen LogP contribution in [-0.4, -0.2) is 63.3 Å². The molecule has 1 aliphatic heterocycles. The van der Waals surface area contributed by atoms with Gasteiger partial charge in [0.1, 0.15) is 21.4 Å². The number of aromatic hydroxyl groups is 1. The van der Waals surface area contributed by atoms with Crippen molar-refractivity contribution >= 4 is 55.0 Å². The van der Waals surface area contributed by atoms with Gasteiger partial charge in [-0.3, -0.25) is 4.79 Å². The first-order valence-corrected chi connectivity index (χ1v) is 14.3. The molecule has 0 aliphatic carbocycles. The maximum Gasteiger partial charge on any atom is 0.339 e. The number of carboxylic acid groups (broad SMARTS) is 1. The minimum absolute atomic E-state index is 0. The molecule has 41 heavy (non-hydrogen) atoms. The van der Waals surface area contributed by atoms with Gasteiger partial charge in [-0.2, -0.15) is 10.1 Å². The summed E-state index contributed by atoms with van der Waals surface area (Å²) in [4.78, 5) is 24.8. The number of aromatic carboxylic acids is 1. The Labute approximate surface area is 235 Å². The van der Waals surface area contributed by atoms with Gasteiger partial charge in [-0.15, -0.1) is 0 Å². The molecule has 0 atom stereocenters. The number of nitrogens with zero attached hydrogens (tertiary/aromatic N) is 3. The highest BCUT2D eigenvalue weighted by Crippen LogP contribution is 2.36. The van der Waals surface area contributed by atoms with Crippen molar-refractivity contribution in [3.63, 3.8) is 0 Å². The molecule has 13 nitrogen and oxygen atoms in total. The fraction of sp³-hybridized carbons (Fsp3) is 0.115. The average molecular weight is 603 g/mol. The van der Waals surface area contributed by atoms with Gasteiger partial charge < -0.3 is 25.8 Å². The van der Waals surface area contributed by atoms with Gasteiger partial charge in [0.25, 0.3) is 5.91 Å². The maximum absolute atomic E-state index is 13.6. The second-order valence-electron chi connectivity index (χ2n) is 8.92. The number of quaternary nitrogens is 1. The zero-order chi connectivity index (χ0) is 29.6. The molecule has 0 saturated carbocycles. The number of phenols is 1. The maximum atomic E-state index is 13.6. The highest BCUT2D eigenvalue weighted by atomic mass is 32.2. The van der Waals surface area contributed by atoms with Gasteiger partial charge in [-0.1, -0.05) is 12.1 Å². The van der Waals surface area contributed by atoms with E-state index in [2.05, 4.69) is 5.10 Å². The summed E-state index contributed by atoms with van der Waals surface area (Å²) < 4.78 is 62.5. The summed E-state index contributed by atoms with van der Waals surface area (Å²) in [5.74, 6) is -3.06. The zero-order valence-electron chi connectivity index (χ0n) is 22.3. The Morgan fingerprint density at radius 1 is 0.976 bits per heavy atom. The van der Waals surface area contributed by atoms with Crippen LogP contribution in [0.25, 0.3) is 6.08 Å². The van der Waals surface area contributed by atoms with Crippen LogP contribution < -0.4 is 16.1 Å². The number of hydrogen-bond donors (Lipinski definition) is 3. The number of sulfone groups is 1. The van der Waals surface area contributed by atoms with Gasteiger partial charge in [0, 0.05) is 19.8 Å². The Hall–Kier alpha value is -4.57. The molecule has 0 aromatic heterocycles. The third-order valence-corrected chi connectivity index (χ3v) is 8.66. The largest absolute Gasteiger partial charge is 0.744 e. The van der Waals surface area contributed by atoms with Gasteiger partial charge >= 0.3 is 5.97 Å². The van der Waals surface area contributed by atoms with Crippen molar-refractivity contribution < 1.29 is 41.2 Å². The van der Waals surface area contributed by atoms with Gasteiger partial charge in [0.15, 0.2) is 0 Å². The van der Waals surface area contributed by atoms with E-state index in [1.54, 1.807) is 12.1 Å². The summed E-state index contributed by atoms with van der Waals surface area (Å²) in [6.07, 6.45) is 1.53. The van der Waals surface area contributed by atoms with Crippen LogP contribution in [0.15, 0.2) is 86.0 Å². The third-order valence-electron chi connectivity index (χ3n) is 6.03. The Kier molecular flexibility index (Phi) is 8.41.